The standard InChI is InChI=1S/C19H24ClNO4/c1-18(2,3)25-17(24)21-14(8-9-19(21)10-11-19)15(16(22)23)12-4-6-13(20)7-5-12/h4-7,14-15H,8-11H2,1-3H3,(H,22,23)/t14-,15-/m0/s1. The highest BCUT2D eigenvalue weighted by molar-refractivity contribution is 6.30. The third-order valence-corrected chi connectivity index (χ3v) is 5.30. The molecule has 2 atom stereocenters. The Morgan fingerprint density at radius 1 is 1.24 bits per heavy atom. The van der Waals surface area contributed by atoms with E-state index < -0.39 is 29.6 Å². The summed E-state index contributed by atoms with van der Waals surface area (Å²) in [7, 11) is 0. The molecule has 1 spiro atoms. The van der Waals surface area contributed by atoms with Crippen molar-refractivity contribution < 1.29 is 19.4 Å². The average molecular weight is 366 g/mol. The van der Waals surface area contributed by atoms with Crippen LogP contribution >= 0.6 is 11.6 Å². The van der Waals surface area contributed by atoms with E-state index in [2.05, 4.69) is 0 Å². The van der Waals surface area contributed by atoms with Crippen molar-refractivity contribution in [2.75, 3.05) is 0 Å². The summed E-state index contributed by atoms with van der Waals surface area (Å²) in [4.78, 5) is 26.6. The van der Waals surface area contributed by atoms with Crippen molar-refractivity contribution in [1.29, 1.82) is 0 Å². The van der Waals surface area contributed by atoms with Crippen LogP contribution in [0, 0.1) is 0 Å². The molecule has 0 bridgehead atoms. The summed E-state index contributed by atoms with van der Waals surface area (Å²) in [5, 5.41) is 10.4. The van der Waals surface area contributed by atoms with E-state index in [9.17, 15) is 14.7 Å². The van der Waals surface area contributed by atoms with Gasteiger partial charge in [0, 0.05) is 10.6 Å². The Morgan fingerprint density at radius 2 is 1.84 bits per heavy atom. The molecule has 1 aliphatic heterocycles. The molecule has 1 heterocycles. The molecule has 1 saturated heterocycles. The van der Waals surface area contributed by atoms with Gasteiger partial charge in [0.05, 0.1) is 6.04 Å². The minimum Gasteiger partial charge on any atom is -0.481 e. The van der Waals surface area contributed by atoms with Gasteiger partial charge in [0.2, 0.25) is 0 Å². The summed E-state index contributed by atoms with van der Waals surface area (Å²) in [5.41, 5.74) is -0.167. The number of hydrogen-bond acceptors (Lipinski definition) is 3. The van der Waals surface area contributed by atoms with Gasteiger partial charge < -0.3 is 9.84 Å². The molecule has 2 aliphatic rings. The van der Waals surface area contributed by atoms with Crippen LogP contribution in [0.15, 0.2) is 24.3 Å². The van der Waals surface area contributed by atoms with Crippen LogP contribution in [-0.2, 0) is 9.53 Å². The van der Waals surface area contributed by atoms with Gasteiger partial charge in [-0.25, -0.2) is 4.79 Å². The van der Waals surface area contributed by atoms with Crippen LogP contribution in [-0.4, -0.2) is 39.3 Å². The number of carbonyl (C=O) groups excluding carboxylic acids is 1. The highest BCUT2D eigenvalue weighted by atomic mass is 35.5. The summed E-state index contributed by atoms with van der Waals surface area (Å²) in [5.74, 6) is -1.72. The SMILES string of the molecule is CC(C)(C)OC(=O)N1[C@H]([C@@H](C(=O)O)c2ccc(Cl)cc2)CCC12CC2. The van der Waals surface area contributed by atoms with E-state index in [0.717, 1.165) is 19.3 Å². The molecule has 1 aromatic rings. The fourth-order valence-electron chi connectivity index (χ4n) is 3.81. The van der Waals surface area contributed by atoms with Crippen molar-refractivity contribution >= 4 is 23.7 Å². The molecule has 0 radical (unpaired) electrons. The predicted octanol–water partition coefficient (Wildman–Crippen LogP) is 4.44. The van der Waals surface area contributed by atoms with Crippen LogP contribution in [0.5, 0.6) is 0 Å². The number of aliphatic carboxylic acids is 1. The molecule has 2 fully saturated rings. The van der Waals surface area contributed by atoms with E-state index in [0.29, 0.717) is 17.0 Å². The van der Waals surface area contributed by atoms with Gasteiger partial charge in [-0.2, -0.15) is 0 Å². The minimum absolute atomic E-state index is 0.215. The van der Waals surface area contributed by atoms with Gasteiger partial charge in [-0.15, -0.1) is 0 Å². The number of carbonyl (C=O) groups is 2. The van der Waals surface area contributed by atoms with Crippen LogP contribution in [0.2, 0.25) is 5.02 Å². The number of nitrogens with zero attached hydrogens (tertiary/aromatic N) is 1. The zero-order valence-corrected chi connectivity index (χ0v) is 15.5. The average Bonchev–Trinajstić information content (AvgIpc) is 3.15. The Hall–Kier alpha value is -1.75. The van der Waals surface area contributed by atoms with Gasteiger partial charge in [0.25, 0.3) is 0 Å². The zero-order chi connectivity index (χ0) is 18.4. The molecular weight excluding hydrogens is 342 g/mol. The number of halogens is 1. The van der Waals surface area contributed by atoms with Crippen molar-refractivity contribution in [3.63, 3.8) is 0 Å². The Morgan fingerprint density at radius 3 is 2.32 bits per heavy atom. The molecular formula is C19H24ClNO4. The summed E-state index contributed by atoms with van der Waals surface area (Å²) < 4.78 is 5.59. The second kappa shape index (κ2) is 6.20. The number of carboxylic acids is 1. The van der Waals surface area contributed by atoms with Gasteiger partial charge >= 0.3 is 12.1 Å². The van der Waals surface area contributed by atoms with E-state index >= 15 is 0 Å². The Balaban J connectivity index is 1.93. The van der Waals surface area contributed by atoms with Gasteiger partial charge in [0.15, 0.2) is 0 Å². The summed E-state index contributed by atoms with van der Waals surface area (Å²) in [6.07, 6.45) is 2.91. The van der Waals surface area contributed by atoms with Gasteiger partial charge in [-0.1, -0.05) is 23.7 Å². The quantitative estimate of drug-likeness (QED) is 0.859. The molecule has 1 N–H and O–H groups in total. The minimum atomic E-state index is -0.932. The maximum atomic E-state index is 12.8. The largest absolute Gasteiger partial charge is 0.481 e. The molecule has 1 amide bonds. The summed E-state index contributed by atoms with van der Waals surface area (Å²) in [6.45, 7) is 5.47. The van der Waals surface area contributed by atoms with E-state index in [1.54, 1.807) is 29.2 Å². The maximum Gasteiger partial charge on any atom is 0.411 e. The highest BCUT2D eigenvalue weighted by Gasteiger charge is 2.60. The summed E-state index contributed by atoms with van der Waals surface area (Å²) in [6, 6.07) is 6.42. The second-order valence-corrected chi connectivity index (χ2v) is 8.48. The molecule has 0 aromatic heterocycles. The number of rotatable bonds is 3. The van der Waals surface area contributed by atoms with Crippen LogP contribution in [0.3, 0.4) is 0 Å². The predicted molar refractivity (Wildman–Crippen MR) is 94.9 cm³/mol. The molecule has 1 aromatic carbocycles. The lowest BCUT2D eigenvalue weighted by atomic mass is 9.90. The fraction of sp³-hybridized carbons (Fsp3) is 0.579. The van der Waals surface area contributed by atoms with Crippen LogP contribution in [0.4, 0.5) is 4.79 Å². The van der Waals surface area contributed by atoms with E-state index in [4.69, 9.17) is 16.3 Å². The highest BCUT2D eigenvalue weighted by Crippen LogP contribution is 2.54. The number of amides is 1. The summed E-state index contributed by atoms with van der Waals surface area (Å²) >= 11 is 5.93. The van der Waals surface area contributed by atoms with Crippen LogP contribution < -0.4 is 0 Å². The van der Waals surface area contributed by atoms with Crippen molar-refractivity contribution in [2.45, 2.75) is 69.6 Å². The van der Waals surface area contributed by atoms with E-state index in [-0.39, 0.29) is 5.54 Å². The third-order valence-electron chi connectivity index (χ3n) is 5.05. The smallest absolute Gasteiger partial charge is 0.411 e. The molecule has 3 rings (SSSR count). The van der Waals surface area contributed by atoms with Crippen LogP contribution in [0.1, 0.15) is 57.9 Å². The monoisotopic (exact) mass is 365 g/mol. The first kappa shape index (κ1) is 18.1. The van der Waals surface area contributed by atoms with Gasteiger partial charge in [-0.3, -0.25) is 9.69 Å². The molecule has 6 heteroatoms. The van der Waals surface area contributed by atoms with Crippen molar-refractivity contribution in [2.24, 2.45) is 0 Å². The Bertz CT molecular complexity index is 676. The fourth-order valence-corrected chi connectivity index (χ4v) is 3.93. The molecule has 0 unspecified atom stereocenters. The van der Waals surface area contributed by atoms with Crippen LogP contribution in [0.25, 0.3) is 0 Å². The number of benzene rings is 1. The first-order valence-electron chi connectivity index (χ1n) is 8.64. The Labute approximate surface area is 152 Å². The topological polar surface area (TPSA) is 66.8 Å². The Kier molecular flexibility index (Phi) is 4.48. The van der Waals surface area contributed by atoms with E-state index in [1.165, 1.54) is 0 Å². The third kappa shape index (κ3) is 3.61. The number of ether oxygens (including phenoxy) is 1. The first-order chi connectivity index (χ1) is 11.6. The molecule has 5 nitrogen and oxygen atoms in total. The van der Waals surface area contributed by atoms with Gasteiger partial charge in [0.1, 0.15) is 11.5 Å². The lowest BCUT2D eigenvalue weighted by Gasteiger charge is -2.35. The normalized spacial score (nSPS) is 22.7. The van der Waals surface area contributed by atoms with Crippen molar-refractivity contribution in [1.82, 2.24) is 4.90 Å². The number of likely N-dealkylation sites (tertiary alicyclic amines) is 1. The second-order valence-electron chi connectivity index (χ2n) is 8.05. The molecule has 1 aliphatic carbocycles. The lowest BCUT2D eigenvalue weighted by Crippen LogP contribution is -2.48. The van der Waals surface area contributed by atoms with Gasteiger partial charge in [-0.05, 0) is 64.2 Å². The zero-order valence-electron chi connectivity index (χ0n) is 14.8. The number of hydrogen-bond donors (Lipinski definition) is 1. The molecule has 1 saturated carbocycles. The molecule has 25 heavy (non-hydrogen) atoms. The van der Waals surface area contributed by atoms with Crippen molar-refractivity contribution in [3.8, 4) is 0 Å². The first-order valence-corrected chi connectivity index (χ1v) is 9.01. The van der Waals surface area contributed by atoms with Crippen molar-refractivity contribution in [3.05, 3.63) is 34.9 Å². The van der Waals surface area contributed by atoms with E-state index in [1.807, 2.05) is 20.8 Å². The number of carboxylic acid groups (broad SMARTS) is 1. The lowest BCUT2D eigenvalue weighted by molar-refractivity contribution is -0.140. The maximum absolute atomic E-state index is 12.8. The molecule has 136 valence electrons.